The molecule has 126 valence electrons. The third-order valence-corrected chi connectivity index (χ3v) is 3.74. The second kappa shape index (κ2) is 7.71. The van der Waals surface area contributed by atoms with Crippen LogP contribution in [0, 0.1) is 0 Å². The quantitative estimate of drug-likeness (QED) is 0.830. The molecule has 1 saturated heterocycles. The summed E-state index contributed by atoms with van der Waals surface area (Å²) >= 11 is 0. The molecule has 7 heteroatoms. The SMILES string of the molecule is COc1cc(CCC(=O)N2CCNC(=O)C2)cc(OC)c1OC. The average Bonchev–Trinajstić information content (AvgIpc) is 2.58. The van der Waals surface area contributed by atoms with Crippen molar-refractivity contribution in [2.24, 2.45) is 0 Å². The van der Waals surface area contributed by atoms with Crippen molar-refractivity contribution in [2.45, 2.75) is 12.8 Å². The second-order valence-corrected chi connectivity index (χ2v) is 5.20. The first kappa shape index (κ1) is 16.9. The van der Waals surface area contributed by atoms with Crippen molar-refractivity contribution < 1.29 is 23.8 Å². The number of nitrogens with one attached hydrogen (secondary N) is 1. The molecule has 0 bridgehead atoms. The lowest BCUT2D eigenvalue weighted by Gasteiger charge is -2.26. The molecule has 0 spiro atoms. The molecule has 1 aromatic rings. The van der Waals surface area contributed by atoms with Crippen molar-refractivity contribution in [3.8, 4) is 17.2 Å². The number of piperazine rings is 1. The van der Waals surface area contributed by atoms with Gasteiger partial charge in [-0.05, 0) is 24.1 Å². The molecule has 7 nitrogen and oxygen atoms in total. The number of carbonyl (C=O) groups is 2. The number of rotatable bonds is 6. The molecule has 1 fully saturated rings. The fourth-order valence-corrected chi connectivity index (χ4v) is 2.54. The Morgan fingerprint density at radius 3 is 2.35 bits per heavy atom. The van der Waals surface area contributed by atoms with Crippen LogP contribution in [-0.4, -0.2) is 57.7 Å². The number of nitrogens with zero attached hydrogens (tertiary/aromatic N) is 1. The Hall–Kier alpha value is -2.44. The summed E-state index contributed by atoms with van der Waals surface area (Å²) in [5.74, 6) is 1.50. The zero-order chi connectivity index (χ0) is 16.8. The van der Waals surface area contributed by atoms with Crippen LogP contribution in [0.2, 0.25) is 0 Å². The van der Waals surface area contributed by atoms with Gasteiger partial charge in [0.1, 0.15) is 0 Å². The second-order valence-electron chi connectivity index (χ2n) is 5.20. The molecule has 0 atom stereocenters. The molecule has 2 amide bonds. The summed E-state index contributed by atoms with van der Waals surface area (Å²) in [5.41, 5.74) is 0.911. The van der Waals surface area contributed by atoms with E-state index >= 15 is 0 Å². The Labute approximate surface area is 135 Å². The van der Waals surface area contributed by atoms with Gasteiger partial charge in [0.2, 0.25) is 17.6 Å². The first-order valence-electron chi connectivity index (χ1n) is 7.42. The van der Waals surface area contributed by atoms with Gasteiger partial charge in [-0.1, -0.05) is 0 Å². The van der Waals surface area contributed by atoms with E-state index in [2.05, 4.69) is 5.32 Å². The number of amides is 2. The van der Waals surface area contributed by atoms with Crippen molar-refractivity contribution in [3.05, 3.63) is 17.7 Å². The van der Waals surface area contributed by atoms with E-state index in [-0.39, 0.29) is 18.4 Å². The minimum absolute atomic E-state index is 0.0337. The summed E-state index contributed by atoms with van der Waals surface area (Å²) in [6.45, 7) is 1.20. The normalized spacial score (nSPS) is 14.2. The summed E-state index contributed by atoms with van der Waals surface area (Å²) < 4.78 is 15.9. The monoisotopic (exact) mass is 322 g/mol. The third kappa shape index (κ3) is 4.06. The molecule has 23 heavy (non-hydrogen) atoms. The van der Waals surface area contributed by atoms with Crippen LogP contribution in [-0.2, 0) is 16.0 Å². The van der Waals surface area contributed by atoms with Gasteiger partial charge in [-0.25, -0.2) is 0 Å². The Bertz CT molecular complexity index is 563. The van der Waals surface area contributed by atoms with Crippen molar-refractivity contribution in [1.82, 2.24) is 10.2 Å². The molecule has 0 unspecified atom stereocenters. The lowest BCUT2D eigenvalue weighted by Crippen LogP contribution is -2.50. The summed E-state index contributed by atoms with van der Waals surface area (Å²) in [6.07, 6.45) is 0.861. The highest BCUT2D eigenvalue weighted by Crippen LogP contribution is 2.38. The standard InChI is InChI=1S/C16H22N2O5/c1-21-12-8-11(9-13(22-2)16(12)23-3)4-5-15(20)18-7-6-17-14(19)10-18/h8-9H,4-7,10H2,1-3H3,(H,17,19). The molecule has 0 aromatic heterocycles. The van der Waals surface area contributed by atoms with Gasteiger partial charge in [-0.3, -0.25) is 9.59 Å². The van der Waals surface area contributed by atoms with Crippen molar-refractivity contribution in [1.29, 1.82) is 0 Å². The Morgan fingerprint density at radius 1 is 1.17 bits per heavy atom. The van der Waals surface area contributed by atoms with Gasteiger partial charge >= 0.3 is 0 Å². The van der Waals surface area contributed by atoms with E-state index in [4.69, 9.17) is 14.2 Å². The van der Waals surface area contributed by atoms with E-state index in [0.717, 1.165) is 5.56 Å². The number of hydrogen-bond donors (Lipinski definition) is 1. The molecule has 1 heterocycles. The highest BCUT2D eigenvalue weighted by atomic mass is 16.5. The minimum atomic E-state index is -0.114. The zero-order valence-electron chi connectivity index (χ0n) is 13.7. The molecule has 0 radical (unpaired) electrons. The minimum Gasteiger partial charge on any atom is -0.493 e. The van der Waals surface area contributed by atoms with Gasteiger partial charge in [0.05, 0.1) is 27.9 Å². The van der Waals surface area contributed by atoms with Crippen molar-refractivity contribution in [2.75, 3.05) is 41.0 Å². The van der Waals surface area contributed by atoms with Gasteiger partial charge in [0.25, 0.3) is 0 Å². The predicted octanol–water partition coefficient (Wildman–Crippen LogP) is 0.603. The molecule has 1 aromatic carbocycles. The number of methoxy groups -OCH3 is 3. The highest BCUT2D eigenvalue weighted by molar-refractivity contribution is 5.86. The van der Waals surface area contributed by atoms with Crippen LogP contribution < -0.4 is 19.5 Å². The largest absolute Gasteiger partial charge is 0.493 e. The maximum absolute atomic E-state index is 12.2. The highest BCUT2D eigenvalue weighted by Gasteiger charge is 2.21. The summed E-state index contributed by atoms with van der Waals surface area (Å²) in [7, 11) is 4.65. The summed E-state index contributed by atoms with van der Waals surface area (Å²) in [5, 5.41) is 2.70. The Kier molecular flexibility index (Phi) is 5.67. The van der Waals surface area contributed by atoms with Crippen LogP contribution in [0.3, 0.4) is 0 Å². The van der Waals surface area contributed by atoms with E-state index < -0.39 is 0 Å². The van der Waals surface area contributed by atoms with Crippen LogP contribution in [0.5, 0.6) is 17.2 Å². The van der Waals surface area contributed by atoms with Gasteiger partial charge < -0.3 is 24.4 Å². The first-order valence-corrected chi connectivity index (χ1v) is 7.42. The fraction of sp³-hybridized carbons (Fsp3) is 0.500. The van der Waals surface area contributed by atoms with Crippen LogP contribution in [0.1, 0.15) is 12.0 Å². The van der Waals surface area contributed by atoms with Crippen LogP contribution in [0.4, 0.5) is 0 Å². The molecule has 1 N–H and O–H groups in total. The zero-order valence-corrected chi connectivity index (χ0v) is 13.7. The topological polar surface area (TPSA) is 77.1 Å². The molecular formula is C16H22N2O5. The van der Waals surface area contributed by atoms with Gasteiger partial charge in [-0.15, -0.1) is 0 Å². The molecule has 0 aliphatic carbocycles. The van der Waals surface area contributed by atoms with Crippen LogP contribution >= 0.6 is 0 Å². The number of aryl methyl sites for hydroxylation is 1. The van der Waals surface area contributed by atoms with Crippen molar-refractivity contribution in [3.63, 3.8) is 0 Å². The Balaban J connectivity index is 2.05. The van der Waals surface area contributed by atoms with Crippen LogP contribution in [0.25, 0.3) is 0 Å². The van der Waals surface area contributed by atoms with E-state index in [0.29, 0.717) is 43.2 Å². The number of ether oxygens (including phenoxy) is 3. The molecule has 1 aliphatic heterocycles. The average molecular weight is 322 g/mol. The van der Waals surface area contributed by atoms with E-state index in [9.17, 15) is 9.59 Å². The maximum Gasteiger partial charge on any atom is 0.239 e. The number of benzene rings is 1. The maximum atomic E-state index is 12.2. The lowest BCUT2D eigenvalue weighted by atomic mass is 10.1. The van der Waals surface area contributed by atoms with Gasteiger partial charge in [-0.2, -0.15) is 0 Å². The smallest absolute Gasteiger partial charge is 0.239 e. The van der Waals surface area contributed by atoms with E-state index in [1.807, 2.05) is 12.1 Å². The van der Waals surface area contributed by atoms with Crippen LogP contribution in [0.15, 0.2) is 12.1 Å². The first-order chi connectivity index (χ1) is 11.1. The third-order valence-electron chi connectivity index (χ3n) is 3.74. The molecular weight excluding hydrogens is 300 g/mol. The fourth-order valence-electron chi connectivity index (χ4n) is 2.54. The van der Waals surface area contributed by atoms with Crippen molar-refractivity contribution >= 4 is 11.8 Å². The molecule has 0 saturated carbocycles. The van der Waals surface area contributed by atoms with E-state index in [1.165, 1.54) is 0 Å². The number of carbonyl (C=O) groups excluding carboxylic acids is 2. The Morgan fingerprint density at radius 2 is 1.83 bits per heavy atom. The van der Waals surface area contributed by atoms with Gasteiger partial charge in [0, 0.05) is 19.5 Å². The predicted molar refractivity (Wildman–Crippen MR) is 84.0 cm³/mol. The van der Waals surface area contributed by atoms with E-state index in [1.54, 1.807) is 26.2 Å². The van der Waals surface area contributed by atoms with Gasteiger partial charge in [0.15, 0.2) is 11.5 Å². The summed E-state index contributed by atoms with van der Waals surface area (Å²) in [4.78, 5) is 25.1. The molecule has 2 rings (SSSR count). The molecule has 1 aliphatic rings. The number of hydrogen-bond acceptors (Lipinski definition) is 5. The lowest BCUT2D eigenvalue weighted by molar-refractivity contribution is -0.138. The summed E-state index contributed by atoms with van der Waals surface area (Å²) in [6, 6.07) is 3.66.